The Morgan fingerprint density at radius 2 is 1.89 bits per heavy atom. The van der Waals surface area contributed by atoms with Gasteiger partial charge in [-0.3, -0.25) is 14.5 Å². The Balaban J connectivity index is 1.80. The van der Waals surface area contributed by atoms with Gasteiger partial charge in [-0.05, 0) is 39.0 Å². The Hall–Kier alpha value is -2.55. The Morgan fingerprint density at radius 1 is 1.26 bits per heavy atom. The van der Waals surface area contributed by atoms with Crippen LogP contribution in [0, 0.1) is 11.6 Å². The van der Waals surface area contributed by atoms with Gasteiger partial charge < -0.3 is 15.0 Å². The lowest BCUT2D eigenvalue weighted by atomic mass is 9.91. The molecule has 0 radical (unpaired) electrons. The summed E-state index contributed by atoms with van der Waals surface area (Å²) in [5.41, 5.74) is -2.07. The fourth-order valence-corrected chi connectivity index (χ4v) is 3.52. The van der Waals surface area contributed by atoms with Crippen LogP contribution in [0.2, 0.25) is 0 Å². The number of nitrogens with zero attached hydrogens (tertiary/aromatic N) is 2. The minimum absolute atomic E-state index is 0.160. The molecule has 2 fully saturated rings. The molecule has 1 aromatic carbocycles. The van der Waals surface area contributed by atoms with Gasteiger partial charge in [0, 0.05) is 18.7 Å². The van der Waals surface area contributed by atoms with Gasteiger partial charge in [0.05, 0.1) is 12.2 Å². The maximum Gasteiger partial charge on any atom is 0.325 e. The molecular weight excluding hydrogens is 360 g/mol. The van der Waals surface area contributed by atoms with E-state index in [1.807, 2.05) is 13.8 Å². The average Bonchev–Trinajstić information content (AvgIpc) is 2.80. The highest BCUT2D eigenvalue weighted by atomic mass is 19.1. The average molecular weight is 381 g/mol. The van der Waals surface area contributed by atoms with Crippen molar-refractivity contribution in [1.82, 2.24) is 15.1 Å². The lowest BCUT2D eigenvalue weighted by Crippen LogP contribution is -2.52. The fraction of sp³-hybridized carbons (Fsp3) is 0.500. The first-order valence-electron chi connectivity index (χ1n) is 8.64. The molecular formula is C18H21F2N3O4. The number of carbonyl (C=O) groups excluding carboxylic acids is 3. The molecule has 3 atom stereocenters. The number of carbonyl (C=O) groups is 3. The van der Waals surface area contributed by atoms with E-state index in [0.29, 0.717) is 13.1 Å². The van der Waals surface area contributed by atoms with Crippen LogP contribution >= 0.6 is 0 Å². The van der Waals surface area contributed by atoms with E-state index in [1.165, 1.54) is 11.8 Å². The molecule has 1 aromatic rings. The summed E-state index contributed by atoms with van der Waals surface area (Å²) in [6, 6.07) is 1.85. The lowest BCUT2D eigenvalue weighted by molar-refractivity contribution is -0.146. The molecule has 2 aliphatic heterocycles. The van der Waals surface area contributed by atoms with E-state index in [0.717, 1.165) is 23.1 Å². The summed E-state index contributed by atoms with van der Waals surface area (Å²) in [5.74, 6) is -2.78. The van der Waals surface area contributed by atoms with Gasteiger partial charge >= 0.3 is 6.03 Å². The predicted molar refractivity (Wildman–Crippen MR) is 90.5 cm³/mol. The first-order valence-corrected chi connectivity index (χ1v) is 8.64. The number of morpholine rings is 1. The smallest absolute Gasteiger partial charge is 0.325 e. The number of ether oxygens (including phenoxy) is 1. The summed E-state index contributed by atoms with van der Waals surface area (Å²) in [6.07, 6.45) is -0.320. The molecule has 7 nitrogen and oxygen atoms in total. The Morgan fingerprint density at radius 3 is 2.52 bits per heavy atom. The van der Waals surface area contributed by atoms with Crippen LogP contribution < -0.4 is 5.32 Å². The standard InChI is InChI=1S/C18H21F2N3O4/c1-10-7-22(8-11(2)27-10)15(24)9-23-16(25)18(3,21-17(23)26)13-6-12(19)4-5-14(13)20/h4-6,10-11H,7-9H2,1-3H3,(H,21,26)/t10-,11+,18-/m1/s1. The number of halogens is 2. The zero-order valence-corrected chi connectivity index (χ0v) is 15.3. The van der Waals surface area contributed by atoms with Crippen LogP contribution in [0.5, 0.6) is 0 Å². The quantitative estimate of drug-likeness (QED) is 0.802. The maximum atomic E-state index is 14.2. The van der Waals surface area contributed by atoms with Crippen molar-refractivity contribution < 1.29 is 27.9 Å². The second-order valence-electron chi connectivity index (χ2n) is 7.13. The van der Waals surface area contributed by atoms with Gasteiger partial charge in [0.25, 0.3) is 5.91 Å². The minimum atomic E-state index is -1.78. The third-order valence-electron chi connectivity index (χ3n) is 4.81. The third-order valence-corrected chi connectivity index (χ3v) is 4.81. The molecule has 9 heteroatoms. The molecule has 27 heavy (non-hydrogen) atoms. The van der Waals surface area contributed by atoms with Crippen molar-refractivity contribution >= 4 is 17.8 Å². The molecule has 0 aromatic heterocycles. The van der Waals surface area contributed by atoms with Gasteiger partial charge in [-0.1, -0.05) is 0 Å². The minimum Gasteiger partial charge on any atom is -0.372 e. The number of hydrogen-bond donors (Lipinski definition) is 1. The molecule has 1 N–H and O–H groups in total. The zero-order chi connectivity index (χ0) is 19.9. The number of benzene rings is 1. The second kappa shape index (κ2) is 6.88. The Kier molecular flexibility index (Phi) is 4.90. The summed E-state index contributed by atoms with van der Waals surface area (Å²) in [4.78, 5) is 39.9. The van der Waals surface area contributed by atoms with Crippen molar-refractivity contribution in [3.8, 4) is 0 Å². The van der Waals surface area contributed by atoms with E-state index < -0.39 is 41.6 Å². The molecule has 2 heterocycles. The summed E-state index contributed by atoms with van der Waals surface area (Å²) < 4.78 is 33.3. The SMILES string of the molecule is C[C@@H]1CN(C(=O)CN2C(=O)N[C@](C)(c3cc(F)ccc3F)C2=O)C[C@H](C)O1. The molecule has 0 aliphatic carbocycles. The Labute approximate surface area is 155 Å². The van der Waals surface area contributed by atoms with Crippen LogP contribution in [-0.4, -0.2) is 59.5 Å². The molecule has 2 saturated heterocycles. The number of nitrogens with one attached hydrogen (secondary N) is 1. The second-order valence-corrected chi connectivity index (χ2v) is 7.13. The van der Waals surface area contributed by atoms with Gasteiger partial charge in [0.1, 0.15) is 23.7 Å². The Bertz CT molecular complexity index is 793. The summed E-state index contributed by atoms with van der Waals surface area (Å²) in [6.45, 7) is 5.16. The van der Waals surface area contributed by atoms with Crippen molar-refractivity contribution in [2.75, 3.05) is 19.6 Å². The van der Waals surface area contributed by atoms with Crippen LogP contribution in [0.25, 0.3) is 0 Å². The van der Waals surface area contributed by atoms with E-state index in [1.54, 1.807) is 0 Å². The number of hydrogen-bond acceptors (Lipinski definition) is 4. The molecule has 0 saturated carbocycles. The van der Waals surface area contributed by atoms with Gasteiger partial charge in [0.2, 0.25) is 5.91 Å². The van der Waals surface area contributed by atoms with Crippen LogP contribution in [0.1, 0.15) is 26.3 Å². The van der Waals surface area contributed by atoms with Gasteiger partial charge in [-0.15, -0.1) is 0 Å². The van der Waals surface area contributed by atoms with Crippen molar-refractivity contribution in [3.63, 3.8) is 0 Å². The van der Waals surface area contributed by atoms with Crippen molar-refractivity contribution in [2.24, 2.45) is 0 Å². The predicted octanol–water partition coefficient (Wildman–Crippen LogP) is 1.37. The van der Waals surface area contributed by atoms with E-state index >= 15 is 0 Å². The third kappa shape index (κ3) is 3.51. The number of urea groups is 1. The van der Waals surface area contributed by atoms with E-state index in [9.17, 15) is 23.2 Å². The van der Waals surface area contributed by atoms with Crippen LogP contribution in [0.4, 0.5) is 13.6 Å². The fourth-order valence-electron chi connectivity index (χ4n) is 3.52. The summed E-state index contributed by atoms with van der Waals surface area (Å²) >= 11 is 0. The van der Waals surface area contributed by atoms with Crippen LogP contribution in [0.3, 0.4) is 0 Å². The van der Waals surface area contributed by atoms with E-state index in [2.05, 4.69) is 5.32 Å². The monoisotopic (exact) mass is 381 g/mol. The molecule has 2 aliphatic rings. The lowest BCUT2D eigenvalue weighted by Gasteiger charge is -2.35. The molecule has 146 valence electrons. The highest BCUT2D eigenvalue weighted by molar-refractivity contribution is 6.09. The molecule has 3 rings (SSSR count). The van der Waals surface area contributed by atoms with E-state index in [-0.39, 0.29) is 17.8 Å². The van der Waals surface area contributed by atoms with Gasteiger partial charge in [-0.2, -0.15) is 0 Å². The maximum absolute atomic E-state index is 14.2. The van der Waals surface area contributed by atoms with Crippen LogP contribution in [-0.2, 0) is 19.9 Å². The van der Waals surface area contributed by atoms with Crippen LogP contribution in [0.15, 0.2) is 18.2 Å². The van der Waals surface area contributed by atoms with Crippen molar-refractivity contribution in [3.05, 3.63) is 35.4 Å². The van der Waals surface area contributed by atoms with E-state index in [4.69, 9.17) is 4.74 Å². The number of rotatable bonds is 3. The number of amides is 4. The molecule has 4 amide bonds. The molecule has 0 unspecified atom stereocenters. The summed E-state index contributed by atoms with van der Waals surface area (Å²) in [5, 5.41) is 2.38. The summed E-state index contributed by atoms with van der Waals surface area (Å²) in [7, 11) is 0. The largest absolute Gasteiger partial charge is 0.372 e. The molecule has 0 bridgehead atoms. The normalized spacial score (nSPS) is 28.5. The molecule has 0 spiro atoms. The highest BCUT2D eigenvalue weighted by Crippen LogP contribution is 2.31. The van der Waals surface area contributed by atoms with Crippen molar-refractivity contribution in [1.29, 1.82) is 0 Å². The van der Waals surface area contributed by atoms with Gasteiger partial charge in [-0.25, -0.2) is 13.6 Å². The van der Waals surface area contributed by atoms with Gasteiger partial charge in [0.15, 0.2) is 0 Å². The first-order chi connectivity index (χ1) is 12.6. The van der Waals surface area contributed by atoms with Crippen molar-refractivity contribution in [2.45, 2.75) is 38.5 Å². The first kappa shape index (κ1) is 19.2. The topological polar surface area (TPSA) is 79.0 Å². The highest BCUT2D eigenvalue weighted by Gasteiger charge is 2.51. The number of imide groups is 1. The zero-order valence-electron chi connectivity index (χ0n) is 15.3.